The first-order chi connectivity index (χ1) is 21.3. The van der Waals surface area contributed by atoms with E-state index in [-0.39, 0.29) is 50.3 Å². The van der Waals surface area contributed by atoms with E-state index >= 15 is 0 Å². The number of nitrogens with one attached hydrogen (secondary N) is 3. The third-order valence-electron chi connectivity index (χ3n) is 7.44. The van der Waals surface area contributed by atoms with Gasteiger partial charge in [0.05, 0.1) is 13.7 Å². The Morgan fingerprint density at radius 2 is 1.53 bits per heavy atom. The van der Waals surface area contributed by atoms with Gasteiger partial charge in [0.1, 0.15) is 24.7 Å². The van der Waals surface area contributed by atoms with Gasteiger partial charge in [-0.05, 0) is 36.7 Å². The van der Waals surface area contributed by atoms with Crippen LogP contribution in [-0.2, 0) is 39.9 Å². The lowest BCUT2D eigenvalue weighted by Crippen LogP contribution is -2.59. The van der Waals surface area contributed by atoms with Crippen LogP contribution in [0.4, 0.5) is 0 Å². The smallest absolute Gasteiger partial charge is 0.325 e. The quantitative estimate of drug-likeness (QED) is 0.306. The van der Waals surface area contributed by atoms with E-state index in [2.05, 4.69) is 16.0 Å². The van der Waals surface area contributed by atoms with Gasteiger partial charge in [0.2, 0.25) is 29.5 Å². The number of amides is 5. The zero-order valence-corrected chi connectivity index (χ0v) is 27.3. The molecule has 0 saturated carbocycles. The van der Waals surface area contributed by atoms with Gasteiger partial charge in [-0.1, -0.05) is 70.2 Å². The van der Waals surface area contributed by atoms with Crippen molar-refractivity contribution >= 4 is 35.5 Å². The highest BCUT2D eigenvalue weighted by Gasteiger charge is 2.34. The van der Waals surface area contributed by atoms with Crippen molar-refractivity contribution in [2.24, 2.45) is 11.8 Å². The number of carbonyl (C=O) groups excluding carboxylic acids is 6. The summed E-state index contributed by atoms with van der Waals surface area (Å²) < 4.78 is 4.84. The number of rotatable bonds is 7. The Balaban J connectivity index is 2.51. The van der Waals surface area contributed by atoms with Gasteiger partial charge in [0.15, 0.2) is 0 Å². The molecule has 12 nitrogen and oxygen atoms in total. The summed E-state index contributed by atoms with van der Waals surface area (Å²) in [5, 5.41) is 8.38. The molecule has 248 valence electrons. The lowest BCUT2D eigenvalue weighted by molar-refractivity contribution is -0.148. The molecule has 1 aliphatic rings. The molecule has 1 aromatic carbocycles. The molecule has 0 bridgehead atoms. The first-order valence-electron chi connectivity index (χ1n) is 15.5. The molecule has 0 fully saturated rings. The van der Waals surface area contributed by atoms with Crippen LogP contribution < -0.4 is 16.0 Å². The highest BCUT2D eigenvalue weighted by atomic mass is 16.5. The number of benzene rings is 1. The molecular formula is C33H49N5O7. The molecule has 2 rings (SSSR count). The summed E-state index contributed by atoms with van der Waals surface area (Å²) in [5.41, 5.74) is 0.798. The zero-order valence-electron chi connectivity index (χ0n) is 27.3. The summed E-state index contributed by atoms with van der Waals surface area (Å²) in [6.45, 7) is 8.65. The normalized spacial score (nSPS) is 22.1. The molecule has 5 amide bonds. The lowest BCUT2D eigenvalue weighted by atomic mass is 9.98. The van der Waals surface area contributed by atoms with Crippen molar-refractivity contribution in [1.82, 2.24) is 25.8 Å². The Morgan fingerprint density at radius 1 is 0.889 bits per heavy atom. The van der Waals surface area contributed by atoms with Crippen LogP contribution in [0.2, 0.25) is 0 Å². The van der Waals surface area contributed by atoms with Gasteiger partial charge < -0.3 is 30.5 Å². The number of ether oxygens (including phenoxy) is 1. The van der Waals surface area contributed by atoms with E-state index < -0.39 is 47.7 Å². The molecule has 1 heterocycles. The molecule has 0 aromatic heterocycles. The second-order valence-electron chi connectivity index (χ2n) is 12.1. The maximum Gasteiger partial charge on any atom is 0.325 e. The monoisotopic (exact) mass is 627 g/mol. The van der Waals surface area contributed by atoms with Crippen molar-refractivity contribution in [2.45, 2.75) is 78.4 Å². The lowest BCUT2D eigenvalue weighted by Gasteiger charge is -2.30. The van der Waals surface area contributed by atoms with E-state index in [1.165, 1.54) is 23.8 Å². The van der Waals surface area contributed by atoms with Gasteiger partial charge in [-0.2, -0.15) is 0 Å². The number of carbonyl (C=O) groups is 6. The minimum atomic E-state index is -1.04. The fourth-order valence-electron chi connectivity index (χ4n) is 4.97. The van der Waals surface area contributed by atoms with E-state index in [9.17, 15) is 28.8 Å². The second-order valence-corrected chi connectivity index (χ2v) is 12.1. The van der Waals surface area contributed by atoms with Gasteiger partial charge >= 0.3 is 5.97 Å². The topological polar surface area (TPSA) is 154 Å². The number of nitrogens with zero attached hydrogens (tertiary/aromatic N) is 2. The summed E-state index contributed by atoms with van der Waals surface area (Å²) >= 11 is 0. The van der Waals surface area contributed by atoms with Crippen molar-refractivity contribution in [3.8, 4) is 0 Å². The van der Waals surface area contributed by atoms with Crippen LogP contribution in [0.3, 0.4) is 0 Å². The summed E-state index contributed by atoms with van der Waals surface area (Å²) in [6, 6.07) is 6.18. The van der Waals surface area contributed by atoms with E-state index in [1.54, 1.807) is 13.8 Å². The molecule has 12 heteroatoms. The third-order valence-corrected chi connectivity index (χ3v) is 7.44. The fourth-order valence-corrected chi connectivity index (χ4v) is 4.97. The van der Waals surface area contributed by atoms with Crippen molar-refractivity contribution in [1.29, 1.82) is 0 Å². The maximum absolute atomic E-state index is 14.0. The molecule has 0 saturated heterocycles. The Hall–Kier alpha value is -4.22. The fraction of sp³-hybridized carbons (Fsp3) is 0.576. The van der Waals surface area contributed by atoms with Gasteiger partial charge in [-0.15, -0.1) is 0 Å². The van der Waals surface area contributed by atoms with Crippen LogP contribution in [0.25, 0.3) is 0 Å². The Kier molecular flexibility index (Phi) is 15.2. The Morgan fingerprint density at radius 3 is 2.11 bits per heavy atom. The van der Waals surface area contributed by atoms with Gasteiger partial charge in [-0.25, -0.2) is 0 Å². The molecule has 1 aromatic rings. The molecule has 45 heavy (non-hydrogen) atoms. The van der Waals surface area contributed by atoms with Crippen LogP contribution >= 0.6 is 0 Å². The van der Waals surface area contributed by atoms with Crippen LogP contribution in [0.1, 0.15) is 59.4 Å². The predicted molar refractivity (Wildman–Crippen MR) is 169 cm³/mol. The molecule has 0 spiro atoms. The largest absolute Gasteiger partial charge is 0.468 e. The predicted octanol–water partition coefficient (Wildman–Crippen LogP) is 1.59. The highest BCUT2D eigenvalue weighted by molar-refractivity contribution is 5.95. The van der Waals surface area contributed by atoms with Crippen molar-refractivity contribution in [2.75, 3.05) is 33.3 Å². The summed E-state index contributed by atoms with van der Waals surface area (Å²) in [4.78, 5) is 81.5. The highest BCUT2D eigenvalue weighted by Crippen LogP contribution is 2.12. The van der Waals surface area contributed by atoms with Gasteiger partial charge in [-0.3, -0.25) is 28.8 Å². The summed E-state index contributed by atoms with van der Waals surface area (Å²) in [5.74, 6) is -3.28. The molecule has 1 aliphatic heterocycles. The van der Waals surface area contributed by atoms with E-state index in [0.717, 1.165) is 5.56 Å². The first kappa shape index (κ1) is 37.0. The first-order valence-corrected chi connectivity index (χ1v) is 15.5. The zero-order chi connectivity index (χ0) is 33.5. The molecule has 3 atom stereocenters. The summed E-state index contributed by atoms with van der Waals surface area (Å²) in [6.07, 6.45) is 5.00. The van der Waals surface area contributed by atoms with Gasteiger partial charge in [0.25, 0.3) is 0 Å². The van der Waals surface area contributed by atoms with Crippen molar-refractivity contribution < 1.29 is 33.5 Å². The Labute approximate surface area is 266 Å². The SMILES string of the molecule is COC(=O)CN1CC/C=C\CCN(C(C)=O)CC(=O)N[C@@H](CC(C)C)C(=O)N[C@@H](C(C)C)C(=O)N[C@@H](Cc2ccccc2)C1=O. The minimum absolute atomic E-state index is 0.0386. The van der Waals surface area contributed by atoms with E-state index in [4.69, 9.17) is 4.74 Å². The second kappa shape index (κ2) is 18.6. The van der Waals surface area contributed by atoms with Crippen LogP contribution in [0.15, 0.2) is 42.5 Å². The average molecular weight is 628 g/mol. The standard InChI is InChI=1S/C33H49N5O7/c1-22(2)18-26-31(42)36-30(23(3)4)32(43)35-27(19-25-14-10-9-11-15-25)33(44)38(21-29(41)45-6)17-13-8-7-12-16-37(24(5)39)20-28(40)34-26/h7-11,14-15,22-23,26-27,30H,12-13,16-21H2,1-6H3,(H,34,40)(H,35,43)(H,36,42)/b8-7-/t26-,27-,30-/m0/s1. The number of methoxy groups -OCH3 is 1. The van der Waals surface area contributed by atoms with Crippen molar-refractivity contribution in [3.63, 3.8) is 0 Å². The molecule has 0 aliphatic carbocycles. The van der Waals surface area contributed by atoms with E-state index in [0.29, 0.717) is 19.3 Å². The van der Waals surface area contributed by atoms with Crippen LogP contribution in [0, 0.1) is 11.8 Å². The molecule has 0 radical (unpaired) electrons. The minimum Gasteiger partial charge on any atom is -0.468 e. The Bertz CT molecular complexity index is 1200. The molecular weight excluding hydrogens is 578 g/mol. The molecule has 3 N–H and O–H groups in total. The number of hydrogen-bond acceptors (Lipinski definition) is 7. The number of hydrogen-bond donors (Lipinski definition) is 3. The van der Waals surface area contributed by atoms with Crippen LogP contribution in [-0.4, -0.2) is 96.7 Å². The van der Waals surface area contributed by atoms with Crippen molar-refractivity contribution in [3.05, 3.63) is 48.0 Å². The summed E-state index contributed by atoms with van der Waals surface area (Å²) in [7, 11) is 1.24. The van der Waals surface area contributed by atoms with Crippen LogP contribution in [0.5, 0.6) is 0 Å². The average Bonchev–Trinajstić information content (AvgIpc) is 2.98. The maximum atomic E-state index is 14.0. The van der Waals surface area contributed by atoms with E-state index in [1.807, 2.05) is 56.3 Å². The number of esters is 1. The van der Waals surface area contributed by atoms with Gasteiger partial charge in [0, 0.05) is 26.4 Å². The molecule has 0 unspecified atom stereocenters. The third kappa shape index (κ3) is 12.7.